The summed E-state index contributed by atoms with van der Waals surface area (Å²) in [6.07, 6.45) is 6.23. The predicted molar refractivity (Wildman–Crippen MR) is 86.1 cm³/mol. The first-order valence-electron chi connectivity index (χ1n) is 6.88. The highest BCUT2D eigenvalue weighted by molar-refractivity contribution is 9.10. The lowest BCUT2D eigenvalue weighted by Crippen LogP contribution is -2.40. The first kappa shape index (κ1) is 15.2. The fourth-order valence-electron chi connectivity index (χ4n) is 2.69. The number of fused-ring (bicyclic) bond motifs is 1. The molecule has 0 aliphatic heterocycles. The van der Waals surface area contributed by atoms with Gasteiger partial charge in [0.25, 0.3) is 0 Å². The van der Waals surface area contributed by atoms with Gasteiger partial charge in [0.1, 0.15) is 0 Å². The summed E-state index contributed by atoms with van der Waals surface area (Å²) < 4.78 is 12.3. The smallest absolute Gasteiger partial charge is 0.0246 e. The van der Waals surface area contributed by atoms with E-state index in [2.05, 4.69) is 46.4 Å². The molecule has 0 fully saturated rings. The van der Waals surface area contributed by atoms with E-state index in [1.165, 1.54) is 22.0 Å². The average molecular weight is 344 g/mol. The Morgan fingerprint density at radius 3 is 3.00 bits per heavy atom. The summed E-state index contributed by atoms with van der Waals surface area (Å²) in [6.45, 7) is 2.20. The van der Waals surface area contributed by atoms with Gasteiger partial charge < -0.3 is 5.32 Å². The molecule has 0 spiro atoms. The second kappa shape index (κ2) is 7.00. The van der Waals surface area contributed by atoms with Gasteiger partial charge in [-0.25, -0.2) is 0 Å². The van der Waals surface area contributed by atoms with Gasteiger partial charge in [-0.3, -0.25) is 4.21 Å². The monoisotopic (exact) mass is 343 g/mol. The number of hydrogen-bond donors (Lipinski definition) is 1. The average Bonchev–Trinajstić information content (AvgIpc) is 2.36. The zero-order valence-corrected chi connectivity index (χ0v) is 14.0. The van der Waals surface area contributed by atoms with Crippen molar-refractivity contribution in [1.29, 1.82) is 0 Å². The van der Waals surface area contributed by atoms with E-state index < -0.39 is 10.8 Å². The molecule has 0 saturated carbocycles. The van der Waals surface area contributed by atoms with Gasteiger partial charge in [0.15, 0.2) is 0 Å². The highest BCUT2D eigenvalue weighted by Gasteiger charge is 2.19. The van der Waals surface area contributed by atoms with E-state index in [-0.39, 0.29) is 0 Å². The molecule has 19 heavy (non-hydrogen) atoms. The van der Waals surface area contributed by atoms with E-state index in [1.54, 1.807) is 6.26 Å². The first-order valence-corrected chi connectivity index (χ1v) is 9.40. The van der Waals surface area contributed by atoms with Crippen molar-refractivity contribution in [3.8, 4) is 0 Å². The van der Waals surface area contributed by atoms with Crippen molar-refractivity contribution in [3.63, 3.8) is 0 Å². The highest BCUT2D eigenvalue weighted by atomic mass is 79.9. The van der Waals surface area contributed by atoms with Crippen LogP contribution < -0.4 is 5.32 Å². The Morgan fingerprint density at radius 1 is 1.47 bits per heavy atom. The van der Waals surface area contributed by atoms with Gasteiger partial charge >= 0.3 is 0 Å². The molecule has 4 heteroatoms. The fourth-order valence-corrected chi connectivity index (χ4v) is 3.79. The molecule has 3 unspecified atom stereocenters. The predicted octanol–water partition coefficient (Wildman–Crippen LogP) is 3.05. The summed E-state index contributed by atoms with van der Waals surface area (Å²) in [5, 5.41) is 3.68. The van der Waals surface area contributed by atoms with Crippen molar-refractivity contribution in [1.82, 2.24) is 5.32 Å². The van der Waals surface area contributed by atoms with Crippen molar-refractivity contribution in [2.45, 2.75) is 44.7 Å². The SMILES string of the molecule is CC(CCS(C)=O)NC1CCc2cc(Br)ccc2C1. The lowest BCUT2D eigenvalue weighted by molar-refractivity contribution is 0.401. The highest BCUT2D eigenvalue weighted by Crippen LogP contribution is 2.25. The lowest BCUT2D eigenvalue weighted by Gasteiger charge is -2.28. The zero-order chi connectivity index (χ0) is 13.8. The third-order valence-electron chi connectivity index (χ3n) is 3.76. The molecular formula is C15H22BrNOS. The third-order valence-corrected chi connectivity index (χ3v) is 5.06. The van der Waals surface area contributed by atoms with Crippen molar-refractivity contribution in [2.75, 3.05) is 12.0 Å². The van der Waals surface area contributed by atoms with Crippen LogP contribution in [0.25, 0.3) is 0 Å². The maximum absolute atomic E-state index is 11.1. The number of nitrogens with one attached hydrogen (secondary N) is 1. The van der Waals surface area contributed by atoms with E-state index in [9.17, 15) is 4.21 Å². The largest absolute Gasteiger partial charge is 0.311 e. The Hall–Kier alpha value is -0.190. The van der Waals surface area contributed by atoms with Crippen LogP contribution in [0.1, 0.15) is 30.9 Å². The summed E-state index contributed by atoms with van der Waals surface area (Å²) in [4.78, 5) is 0. The minimum absolute atomic E-state index is 0.450. The van der Waals surface area contributed by atoms with Crippen molar-refractivity contribution >= 4 is 26.7 Å². The second-order valence-corrected chi connectivity index (χ2v) is 7.96. The molecule has 1 aromatic carbocycles. The summed E-state index contributed by atoms with van der Waals surface area (Å²) in [5.41, 5.74) is 2.95. The molecule has 0 amide bonds. The number of benzene rings is 1. The molecular weight excluding hydrogens is 322 g/mol. The first-order chi connectivity index (χ1) is 9.04. The van der Waals surface area contributed by atoms with Gasteiger partial charge in [-0.15, -0.1) is 0 Å². The molecule has 1 N–H and O–H groups in total. The van der Waals surface area contributed by atoms with Gasteiger partial charge in [0.05, 0.1) is 0 Å². The van der Waals surface area contributed by atoms with Gasteiger partial charge in [-0.05, 0) is 55.9 Å². The Kier molecular flexibility index (Phi) is 5.60. The Labute approximate surface area is 127 Å². The standard InChI is InChI=1S/C15H22BrNOS/c1-11(7-8-19(2)18)17-15-6-4-12-9-14(16)5-3-13(12)10-15/h3,5,9,11,15,17H,4,6-8,10H2,1-2H3. The minimum atomic E-state index is -0.677. The van der Waals surface area contributed by atoms with Crippen molar-refractivity contribution < 1.29 is 4.21 Å². The summed E-state index contributed by atoms with van der Waals surface area (Å²) in [7, 11) is -0.677. The van der Waals surface area contributed by atoms with Crippen LogP contribution in [0, 0.1) is 0 Å². The summed E-state index contributed by atoms with van der Waals surface area (Å²) in [5.74, 6) is 0.796. The van der Waals surface area contributed by atoms with Crippen LogP contribution in [0.5, 0.6) is 0 Å². The maximum Gasteiger partial charge on any atom is 0.0246 e. The van der Waals surface area contributed by atoms with Gasteiger partial charge in [-0.1, -0.05) is 22.0 Å². The molecule has 0 heterocycles. The van der Waals surface area contributed by atoms with Gasteiger partial charge in [-0.2, -0.15) is 0 Å². The van der Waals surface area contributed by atoms with E-state index >= 15 is 0 Å². The van der Waals surface area contributed by atoms with Crippen molar-refractivity contribution in [2.24, 2.45) is 0 Å². The van der Waals surface area contributed by atoms with Crippen LogP contribution in [0.4, 0.5) is 0 Å². The number of aryl methyl sites for hydroxylation is 1. The topological polar surface area (TPSA) is 29.1 Å². The molecule has 0 saturated heterocycles. The number of rotatable bonds is 5. The number of halogens is 1. The summed E-state index contributed by atoms with van der Waals surface area (Å²) >= 11 is 3.54. The molecule has 2 nitrogen and oxygen atoms in total. The van der Waals surface area contributed by atoms with E-state index in [0.717, 1.165) is 25.0 Å². The molecule has 0 radical (unpaired) electrons. The molecule has 0 bridgehead atoms. The number of hydrogen-bond acceptors (Lipinski definition) is 2. The molecule has 3 atom stereocenters. The van der Waals surface area contributed by atoms with Gasteiger partial charge in [0, 0.05) is 39.4 Å². The molecule has 1 aliphatic carbocycles. The van der Waals surface area contributed by atoms with Crippen LogP contribution in [-0.4, -0.2) is 28.3 Å². The fraction of sp³-hybridized carbons (Fsp3) is 0.600. The molecule has 0 aromatic heterocycles. The van der Waals surface area contributed by atoms with Crippen LogP contribution >= 0.6 is 15.9 Å². The minimum Gasteiger partial charge on any atom is -0.311 e. The van der Waals surface area contributed by atoms with Crippen LogP contribution in [-0.2, 0) is 23.6 Å². The molecule has 1 aliphatic rings. The lowest BCUT2D eigenvalue weighted by atomic mass is 9.88. The van der Waals surface area contributed by atoms with Gasteiger partial charge in [0.2, 0.25) is 0 Å². The normalized spacial score (nSPS) is 21.7. The maximum atomic E-state index is 11.1. The van der Waals surface area contributed by atoms with E-state index in [0.29, 0.717) is 12.1 Å². The molecule has 2 rings (SSSR count). The Balaban J connectivity index is 1.88. The van der Waals surface area contributed by atoms with E-state index in [1.807, 2.05) is 0 Å². The zero-order valence-electron chi connectivity index (χ0n) is 11.6. The molecule has 1 aromatic rings. The third kappa shape index (κ3) is 4.69. The quantitative estimate of drug-likeness (QED) is 0.890. The molecule has 106 valence electrons. The Morgan fingerprint density at radius 2 is 2.26 bits per heavy atom. The Bertz CT molecular complexity index is 463. The van der Waals surface area contributed by atoms with Crippen LogP contribution in [0.15, 0.2) is 22.7 Å². The van der Waals surface area contributed by atoms with Crippen molar-refractivity contribution in [3.05, 3.63) is 33.8 Å². The van der Waals surface area contributed by atoms with E-state index in [4.69, 9.17) is 0 Å². The second-order valence-electron chi connectivity index (χ2n) is 5.49. The summed E-state index contributed by atoms with van der Waals surface area (Å²) in [6, 6.07) is 7.62. The van der Waals surface area contributed by atoms with Crippen LogP contribution in [0.2, 0.25) is 0 Å². The van der Waals surface area contributed by atoms with Crippen LogP contribution in [0.3, 0.4) is 0 Å².